The van der Waals surface area contributed by atoms with Crippen LogP contribution in [-0.4, -0.2) is 47.3 Å². The lowest BCUT2D eigenvalue weighted by Crippen LogP contribution is -2.39. The van der Waals surface area contributed by atoms with Crippen LogP contribution in [0, 0.1) is 17.6 Å². The Morgan fingerprint density at radius 1 is 1.23 bits per heavy atom. The molecule has 0 aliphatic carbocycles. The lowest BCUT2D eigenvalue weighted by atomic mass is 9.93. The van der Waals surface area contributed by atoms with Gasteiger partial charge in [-0.3, -0.25) is 4.79 Å². The Hall–Kier alpha value is -1.99. The number of piperidine rings is 1. The minimum absolute atomic E-state index is 0. The fourth-order valence-corrected chi connectivity index (χ4v) is 3.21. The summed E-state index contributed by atoms with van der Waals surface area (Å²) in [6, 6.07) is 5.12. The molecule has 1 N–H and O–H groups in total. The van der Waals surface area contributed by atoms with Crippen LogP contribution in [0.4, 0.5) is 8.78 Å². The zero-order valence-corrected chi connectivity index (χ0v) is 15.4. The van der Waals surface area contributed by atoms with Crippen LogP contribution in [0.3, 0.4) is 0 Å². The van der Waals surface area contributed by atoms with Gasteiger partial charge in [-0.2, -0.15) is 5.10 Å². The Morgan fingerprint density at radius 3 is 2.50 bits per heavy atom. The zero-order valence-electron chi connectivity index (χ0n) is 14.6. The molecule has 1 amide bonds. The third-order valence-corrected chi connectivity index (χ3v) is 4.68. The molecule has 1 saturated heterocycles. The summed E-state index contributed by atoms with van der Waals surface area (Å²) < 4.78 is 28.8. The second-order valence-corrected chi connectivity index (χ2v) is 6.34. The fraction of sp³-hybridized carbons (Fsp3) is 0.444. The van der Waals surface area contributed by atoms with Crippen LogP contribution < -0.4 is 5.32 Å². The summed E-state index contributed by atoms with van der Waals surface area (Å²) in [7, 11) is 1.94. The first-order chi connectivity index (χ1) is 12.1. The minimum atomic E-state index is -0.715. The summed E-state index contributed by atoms with van der Waals surface area (Å²) in [6.07, 6.45) is 4.46. The lowest BCUT2D eigenvalue weighted by molar-refractivity contribution is 0.0680. The van der Waals surface area contributed by atoms with Crippen molar-refractivity contribution in [2.75, 3.05) is 26.7 Å². The van der Waals surface area contributed by atoms with E-state index in [1.807, 2.05) is 7.05 Å². The van der Waals surface area contributed by atoms with Gasteiger partial charge in [0.2, 0.25) is 0 Å². The van der Waals surface area contributed by atoms with Gasteiger partial charge in [0.25, 0.3) is 5.91 Å². The molecule has 0 spiro atoms. The minimum Gasteiger partial charge on any atom is -0.337 e. The summed E-state index contributed by atoms with van der Waals surface area (Å²) in [6.45, 7) is 2.36. The number of amides is 1. The van der Waals surface area contributed by atoms with E-state index in [0.29, 0.717) is 19.0 Å². The summed E-state index contributed by atoms with van der Waals surface area (Å²) in [4.78, 5) is 14.3. The van der Waals surface area contributed by atoms with Gasteiger partial charge in [0.05, 0.1) is 0 Å². The van der Waals surface area contributed by atoms with Crippen molar-refractivity contribution in [3.8, 4) is 5.69 Å². The number of nitrogens with zero attached hydrogens (tertiary/aromatic N) is 3. The van der Waals surface area contributed by atoms with Crippen molar-refractivity contribution in [1.82, 2.24) is 20.0 Å². The van der Waals surface area contributed by atoms with Crippen molar-refractivity contribution in [2.45, 2.75) is 19.3 Å². The van der Waals surface area contributed by atoms with Crippen LogP contribution in [0.15, 0.2) is 30.5 Å². The Kier molecular flexibility index (Phi) is 7.11. The predicted molar refractivity (Wildman–Crippen MR) is 97.9 cm³/mol. The summed E-state index contributed by atoms with van der Waals surface area (Å²) in [5, 5.41) is 7.23. The van der Waals surface area contributed by atoms with E-state index in [1.54, 1.807) is 4.90 Å². The van der Waals surface area contributed by atoms with E-state index in [-0.39, 0.29) is 29.7 Å². The van der Waals surface area contributed by atoms with Gasteiger partial charge < -0.3 is 10.2 Å². The fourth-order valence-electron chi connectivity index (χ4n) is 3.21. The van der Waals surface area contributed by atoms with E-state index in [4.69, 9.17) is 0 Å². The number of likely N-dealkylation sites (tertiary alicyclic amines) is 1. The molecule has 26 heavy (non-hydrogen) atoms. The van der Waals surface area contributed by atoms with Gasteiger partial charge in [-0.1, -0.05) is 6.07 Å². The number of hydrogen-bond donors (Lipinski definition) is 1. The quantitative estimate of drug-likeness (QED) is 0.862. The molecular formula is C18H23ClF2N4O. The Labute approximate surface area is 157 Å². The number of hydrogen-bond acceptors (Lipinski definition) is 3. The molecule has 0 saturated carbocycles. The molecule has 0 bridgehead atoms. The number of carbonyl (C=O) groups excluding carboxylic acids is 1. The molecule has 2 aromatic rings. The average Bonchev–Trinajstić information content (AvgIpc) is 3.09. The van der Waals surface area contributed by atoms with Crippen LogP contribution in [0.1, 0.15) is 29.8 Å². The molecule has 1 aliphatic heterocycles. The van der Waals surface area contributed by atoms with Gasteiger partial charge in [0, 0.05) is 19.3 Å². The third kappa shape index (κ3) is 4.40. The van der Waals surface area contributed by atoms with E-state index in [2.05, 4.69) is 10.4 Å². The molecular weight excluding hydrogens is 362 g/mol. The number of halogens is 3. The maximum Gasteiger partial charge on any atom is 0.274 e. The lowest BCUT2D eigenvalue weighted by Gasteiger charge is -2.31. The number of nitrogens with one attached hydrogen (secondary N) is 1. The Morgan fingerprint density at radius 2 is 1.88 bits per heavy atom. The van der Waals surface area contributed by atoms with Crippen molar-refractivity contribution in [3.63, 3.8) is 0 Å². The Bertz CT molecular complexity index is 724. The number of rotatable bonds is 5. The van der Waals surface area contributed by atoms with Crippen molar-refractivity contribution in [1.29, 1.82) is 0 Å². The molecule has 1 aromatic heterocycles. The van der Waals surface area contributed by atoms with Crippen LogP contribution >= 0.6 is 12.4 Å². The molecule has 1 fully saturated rings. The summed E-state index contributed by atoms with van der Waals surface area (Å²) in [5.74, 6) is -0.996. The second-order valence-electron chi connectivity index (χ2n) is 6.34. The zero-order chi connectivity index (χ0) is 17.8. The monoisotopic (exact) mass is 384 g/mol. The third-order valence-electron chi connectivity index (χ3n) is 4.68. The van der Waals surface area contributed by atoms with E-state index in [1.165, 1.54) is 18.3 Å². The largest absolute Gasteiger partial charge is 0.337 e. The van der Waals surface area contributed by atoms with Gasteiger partial charge in [0.1, 0.15) is 5.69 Å². The van der Waals surface area contributed by atoms with Gasteiger partial charge in [0.15, 0.2) is 17.3 Å². The first kappa shape index (κ1) is 20.3. The maximum absolute atomic E-state index is 13.8. The molecule has 1 aromatic carbocycles. The smallest absolute Gasteiger partial charge is 0.274 e. The van der Waals surface area contributed by atoms with Gasteiger partial charge in [-0.25, -0.2) is 13.5 Å². The predicted octanol–water partition coefficient (Wildman–Crippen LogP) is 3.03. The van der Waals surface area contributed by atoms with Crippen LogP contribution in [0.25, 0.3) is 5.69 Å². The first-order valence-electron chi connectivity index (χ1n) is 8.54. The first-order valence-corrected chi connectivity index (χ1v) is 8.54. The SMILES string of the molecule is CNCCC1CCN(C(=O)c2ccn(-c3c(F)cccc3F)n2)CC1.Cl. The molecule has 1 aliphatic rings. The van der Waals surface area contributed by atoms with Crippen LogP contribution in [0.2, 0.25) is 0 Å². The highest BCUT2D eigenvalue weighted by atomic mass is 35.5. The highest BCUT2D eigenvalue weighted by Crippen LogP contribution is 2.22. The highest BCUT2D eigenvalue weighted by Gasteiger charge is 2.25. The molecule has 5 nitrogen and oxygen atoms in total. The molecule has 0 radical (unpaired) electrons. The normalized spacial score (nSPS) is 15.0. The molecule has 2 heterocycles. The topological polar surface area (TPSA) is 50.2 Å². The second kappa shape index (κ2) is 9.09. The van der Waals surface area contributed by atoms with Crippen LogP contribution in [0.5, 0.6) is 0 Å². The van der Waals surface area contributed by atoms with Crippen LogP contribution in [-0.2, 0) is 0 Å². The number of carbonyl (C=O) groups is 1. The van der Waals surface area contributed by atoms with Gasteiger partial charge in [-0.05, 0) is 57.0 Å². The molecule has 0 atom stereocenters. The maximum atomic E-state index is 13.8. The molecule has 142 valence electrons. The number of para-hydroxylation sites is 1. The van der Waals surface area contributed by atoms with Gasteiger partial charge in [-0.15, -0.1) is 12.4 Å². The molecule has 8 heteroatoms. The van der Waals surface area contributed by atoms with Crippen molar-refractivity contribution in [3.05, 3.63) is 47.8 Å². The van der Waals surface area contributed by atoms with E-state index in [0.717, 1.165) is 42.6 Å². The van der Waals surface area contributed by atoms with Gasteiger partial charge >= 0.3 is 0 Å². The van der Waals surface area contributed by atoms with Crippen molar-refractivity contribution in [2.24, 2.45) is 5.92 Å². The van der Waals surface area contributed by atoms with E-state index in [9.17, 15) is 13.6 Å². The highest BCUT2D eigenvalue weighted by molar-refractivity contribution is 5.92. The van der Waals surface area contributed by atoms with Crippen molar-refractivity contribution < 1.29 is 13.6 Å². The van der Waals surface area contributed by atoms with Crippen molar-refractivity contribution >= 4 is 18.3 Å². The summed E-state index contributed by atoms with van der Waals surface area (Å²) >= 11 is 0. The van der Waals surface area contributed by atoms with E-state index < -0.39 is 11.6 Å². The molecule has 0 unspecified atom stereocenters. The standard InChI is InChI=1S/C18H22F2N4O.ClH/c1-21-9-5-13-6-10-23(11-7-13)18(25)16-8-12-24(22-16)17-14(19)3-2-4-15(17)20;/h2-4,8,12-13,21H,5-7,9-11H2,1H3;1H. The molecule has 3 rings (SSSR count). The summed E-state index contributed by atoms with van der Waals surface area (Å²) in [5.41, 5.74) is -0.0661. The average molecular weight is 385 g/mol. The number of aromatic nitrogens is 2. The Balaban J connectivity index is 0.00000243. The van der Waals surface area contributed by atoms with E-state index >= 15 is 0 Å². The number of benzene rings is 1.